The van der Waals surface area contributed by atoms with Crippen LogP contribution in [0.15, 0.2) is 24.4 Å². The Morgan fingerprint density at radius 1 is 1.50 bits per heavy atom. The van der Waals surface area contributed by atoms with Crippen molar-refractivity contribution in [2.75, 3.05) is 11.4 Å². The number of nitrogens with zero attached hydrogens (tertiary/aromatic N) is 3. The summed E-state index contributed by atoms with van der Waals surface area (Å²) < 4.78 is 5.29. The summed E-state index contributed by atoms with van der Waals surface area (Å²) in [5, 5.41) is 8.63. The van der Waals surface area contributed by atoms with E-state index in [-0.39, 0.29) is 13.0 Å². The lowest BCUT2D eigenvalue weighted by Gasteiger charge is -2.26. The highest BCUT2D eigenvalue weighted by atomic mass is 16.6. The maximum Gasteiger partial charge on any atom is 0.416 e. The summed E-state index contributed by atoms with van der Waals surface area (Å²) in [6.45, 7) is 5.66. The van der Waals surface area contributed by atoms with E-state index >= 15 is 0 Å². The van der Waals surface area contributed by atoms with Gasteiger partial charge < -0.3 is 4.74 Å². The van der Waals surface area contributed by atoms with Crippen LogP contribution in [0, 0.1) is 11.3 Å². The lowest BCUT2D eigenvalue weighted by Crippen LogP contribution is -2.37. The first-order valence-corrected chi connectivity index (χ1v) is 5.72. The van der Waals surface area contributed by atoms with Gasteiger partial charge in [0.2, 0.25) is 0 Å². The zero-order valence-electron chi connectivity index (χ0n) is 10.9. The quantitative estimate of drug-likeness (QED) is 0.823. The molecule has 0 fully saturated rings. The number of carbonyl (C=O) groups excluding carboxylic acids is 1. The highest BCUT2D eigenvalue weighted by Crippen LogP contribution is 2.15. The molecule has 1 rings (SSSR count). The number of rotatable bonds is 3. The van der Waals surface area contributed by atoms with Crippen molar-refractivity contribution in [3.8, 4) is 6.07 Å². The van der Waals surface area contributed by atoms with Crippen molar-refractivity contribution < 1.29 is 9.53 Å². The summed E-state index contributed by atoms with van der Waals surface area (Å²) >= 11 is 0. The Morgan fingerprint density at radius 3 is 2.72 bits per heavy atom. The Kier molecular flexibility index (Phi) is 4.67. The molecule has 0 bridgehead atoms. The molecule has 18 heavy (non-hydrogen) atoms. The van der Waals surface area contributed by atoms with Crippen LogP contribution in [0.1, 0.15) is 27.2 Å². The molecule has 0 N–H and O–H groups in total. The zero-order chi connectivity index (χ0) is 13.6. The van der Waals surface area contributed by atoms with Crippen LogP contribution in [-0.2, 0) is 4.74 Å². The van der Waals surface area contributed by atoms with Crippen LogP contribution in [0.4, 0.5) is 10.6 Å². The van der Waals surface area contributed by atoms with Gasteiger partial charge in [0.1, 0.15) is 11.4 Å². The summed E-state index contributed by atoms with van der Waals surface area (Å²) in [5.74, 6) is 0.488. The average Bonchev–Trinajstić information content (AvgIpc) is 2.28. The van der Waals surface area contributed by atoms with Gasteiger partial charge in [-0.05, 0) is 32.9 Å². The average molecular weight is 247 g/mol. The van der Waals surface area contributed by atoms with Gasteiger partial charge in [-0.25, -0.2) is 9.78 Å². The molecule has 0 aliphatic heterocycles. The van der Waals surface area contributed by atoms with Gasteiger partial charge in [-0.3, -0.25) is 4.90 Å². The van der Waals surface area contributed by atoms with Gasteiger partial charge in [0.25, 0.3) is 0 Å². The molecule has 5 heteroatoms. The molecular formula is C13H17N3O2. The van der Waals surface area contributed by atoms with Gasteiger partial charge in [0.15, 0.2) is 0 Å². The molecule has 0 aliphatic carbocycles. The van der Waals surface area contributed by atoms with Crippen LogP contribution in [0.5, 0.6) is 0 Å². The van der Waals surface area contributed by atoms with E-state index < -0.39 is 11.7 Å². The molecule has 0 radical (unpaired) electrons. The standard InChI is InChI=1S/C13H17N3O2/c1-13(2,3)18-12(17)16(10-6-8-14)11-7-4-5-9-15-11/h4-5,7,9H,6,10H2,1-3H3. The van der Waals surface area contributed by atoms with Crippen LogP contribution >= 0.6 is 0 Å². The monoisotopic (exact) mass is 247 g/mol. The molecule has 0 atom stereocenters. The summed E-state index contributed by atoms with van der Waals surface area (Å²) in [6, 6.07) is 7.27. The molecule has 0 unspecified atom stereocenters. The van der Waals surface area contributed by atoms with Crippen molar-refractivity contribution >= 4 is 11.9 Å². The maximum absolute atomic E-state index is 12.0. The van der Waals surface area contributed by atoms with Gasteiger partial charge in [0.05, 0.1) is 12.5 Å². The summed E-state index contributed by atoms with van der Waals surface area (Å²) in [5.41, 5.74) is -0.573. The highest BCUT2D eigenvalue weighted by molar-refractivity contribution is 5.86. The number of carbonyl (C=O) groups is 1. The molecule has 1 aromatic heterocycles. The third-order valence-electron chi connectivity index (χ3n) is 1.99. The number of pyridine rings is 1. The number of amides is 1. The molecule has 96 valence electrons. The normalized spacial score (nSPS) is 10.6. The first kappa shape index (κ1) is 14.0. The van der Waals surface area contributed by atoms with Crippen molar-refractivity contribution in [1.82, 2.24) is 4.98 Å². The molecule has 0 saturated carbocycles. The summed E-state index contributed by atoms with van der Waals surface area (Å²) in [6.07, 6.45) is 1.34. The first-order chi connectivity index (χ1) is 8.44. The van der Waals surface area contributed by atoms with Gasteiger partial charge in [0, 0.05) is 12.7 Å². The van der Waals surface area contributed by atoms with E-state index in [9.17, 15) is 4.79 Å². The SMILES string of the molecule is CC(C)(C)OC(=O)N(CCC#N)c1ccccn1. The molecule has 1 aromatic rings. The van der Waals surface area contributed by atoms with Gasteiger partial charge in [-0.15, -0.1) is 0 Å². The van der Waals surface area contributed by atoms with E-state index in [1.165, 1.54) is 4.90 Å². The van der Waals surface area contributed by atoms with Gasteiger partial charge >= 0.3 is 6.09 Å². The fraction of sp³-hybridized carbons (Fsp3) is 0.462. The molecule has 0 spiro atoms. The third-order valence-corrected chi connectivity index (χ3v) is 1.99. The second kappa shape index (κ2) is 6.01. The van der Waals surface area contributed by atoms with E-state index in [0.29, 0.717) is 5.82 Å². The number of nitriles is 1. The minimum atomic E-state index is -0.573. The van der Waals surface area contributed by atoms with Crippen LogP contribution in [0.25, 0.3) is 0 Å². The van der Waals surface area contributed by atoms with Crippen molar-refractivity contribution in [1.29, 1.82) is 5.26 Å². The van der Waals surface area contributed by atoms with E-state index in [1.807, 2.05) is 6.07 Å². The summed E-state index contributed by atoms with van der Waals surface area (Å²) in [4.78, 5) is 17.5. The fourth-order valence-electron chi connectivity index (χ4n) is 1.29. The third kappa shape index (κ3) is 4.42. The number of hydrogen-bond acceptors (Lipinski definition) is 4. The summed E-state index contributed by atoms with van der Waals surface area (Å²) in [7, 11) is 0. The van der Waals surface area contributed by atoms with Gasteiger partial charge in [-0.1, -0.05) is 6.07 Å². The van der Waals surface area contributed by atoms with E-state index in [0.717, 1.165) is 0 Å². The zero-order valence-corrected chi connectivity index (χ0v) is 10.9. The van der Waals surface area contributed by atoms with Crippen LogP contribution in [0.3, 0.4) is 0 Å². The van der Waals surface area contributed by atoms with Crippen molar-refractivity contribution in [2.24, 2.45) is 0 Å². The van der Waals surface area contributed by atoms with Gasteiger partial charge in [-0.2, -0.15) is 5.26 Å². The lowest BCUT2D eigenvalue weighted by atomic mass is 10.2. The van der Waals surface area contributed by atoms with E-state index in [4.69, 9.17) is 10.00 Å². The molecule has 0 aliphatic rings. The van der Waals surface area contributed by atoms with Crippen LogP contribution in [-0.4, -0.2) is 23.2 Å². The number of aromatic nitrogens is 1. The number of anilines is 1. The fourth-order valence-corrected chi connectivity index (χ4v) is 1.29. The highest BCUT2D eigenvalue weighted by Gasteiger charge is 2.23. The largest absolute Gasteiger partial charge is 0.443 e. The molecule has 1 amide bonds. The maximum atomic E-state index is 12.0. The Morgan fingerprint density at radius 2 is 2.22 bits per heavy atom. The van der Waals surface area contributed by atoms with Crippen LogP contribution in [0.2, 0.25) is 0 Å². The molecule has 1 heterocycles. The number of ether oxygens (including phenoxy) is 1. The smallest absolute Gasteiger partial charge is 0.416 e. The first-order valence-electron chi connectivity index (χ1n) is 5.72. The van der Waals surface area contributed by atoms with E-state index in [1.54, 1.807) is 45.2 Å². The van der Waals surface area contributed by atoms with Crippen molar-refractivity contribution in [2.45, 2.75) is 32.8 Å². The molecule has 0 aromatic carbocycles. The Bertz CT molecular complexity index is 432. The molecular weight excluding hydrogens is 230 g/mol. The number of hydrogen-bond donors (Lipinski definition) is 0. The lowest BCUT2D eigenvalue weighted by molar-refractivity contribution is 0.0580. The molecule has 0 saturated heterocycles. The Hall–Kier alpha value is -2.09. The Balaban J connectivity index is 2.86. The second-order valence-electron chi connectivity index (χ2n) is 4.73. The second-order valence-corrected chi connectivity index (χ2v) is 4.73. The minimum Gasteiger partial charge on any atom is -0.443 e. The van der Waals surface area contributed by atoms with Crippen molar-refractivity contribution in [3.63, 3.8) is 0 Å². The minimum absolute atomic E-state index is 0.232. The van der Waals surface area contributed by atoms with Crippen LogP contribution < -0.4 is 4.90 Å². The molecule has 5 nitrogen and oxygen atoms in total. The predicted octanol–water partition coefficient (Wildman–Crippen LogP) is 2.74. The Labute approximate surface area is 107 Å². The predicted molar refractivity (Wildman–Crippen MR) is 68.0 cm³/mol. The van der Waals surface area contributed by atoms with E-state index in [2.05, 4.69) is 4.98 Å². The topological polar surface area (TPSA) is 66.2 Å². The van der Waals surface area contributed by atoms with Crippen molar-refractivity contribution in [3.05, 3.63) is 24.4 Å².